The van der Waals surface area contributed by atoms with Crippen molar-refractivity contribution in [2.24, 2.45) is 0 Å². The summed E-state index contributed by atoms with van der Waals surface area (Å²) < 4.78 is 5.02. The number of pyridine rings is 1. The number of rotatable bonds is 12. The first-order valence-electron chi connectivity index (χ1n) is 11.1. The number of carbonyl (C=O) groups excluding carboxylic acids is 3. The standard InChI is InChI=1S/C25H28N4O5S/c1-34-15-14-27-25(33)24(18-7-9-19(30)10-8-18)29(17-20-5-4-16-35-20)23(32)12-11-22(31)28-21-6-2-3-13-26-21/h2-10,13,16,24,30H,11-12,14-15,17H2,1H3,(H,27,33)(H,26,28,31)/t24-/m1/s1. The minimum absolute atomic E-state index is 0.0506. The molecule has 0 bridgehead atoms. The Balaban J connectivity index is 1.81. The predicted molar refractivity (Wildman–Crippen MR) is 133 cm³/mol. The van der Waals surface area contributed by atoms with E-state index in [0.717, 1.165) is 4.88 Å². The highest BCUT2D eigenvalue weighted by Crippen LogP contribution is 2.27. The van der Waals surface area contributed by atoms with Crippen LogP contribution in [0.1, 0.15) is 29.3 Å². The van der Waals surface area contributed by atoms with E-state index in [1.54, 1.807) is 36.5 Å². The van der Waals surface area contributed by atoms with Crippen LogP contribution < -0.4 is 10.6 Å². The highest BCUT2D eigenvalue weighted by atomic mass is 32.1. The van der Waals surface area contributed by atoms with E-state index in [4.69, 9.17) is 4.74 Å². The predicted octanol–water partition coefficient (Wildman–Crippen LogP) is 3.10. The van der Waals surface area contributed by atoms with Gasteiger partial charge in [-0.05, 0) is 41.3 Å². The molecule has 3 amide bonds. The molecule has 0 spiro atoms. The van der Waals surface area contributed by atoms with Gasteiger partial charge in [-0.1, -0.05) is 24.3 Å². The lowest BCUT2D eigenvalue weighted by Gasteiger charge is -2.31. The summed E-state index contributed by atoms with van der Waals surface area (Å²) in [6.45, 7) is 0.791. The fraction of sp³-hybridized carbons (Fsp3) is 0.280. The summed E-state index contributed by atoms with van der Waals surface area (Å²) in [6, 6.07) is 14.1. The SMILES string of the molecule is COCCNC(=O)[C@@H](c1ccc(O)cc1)N(Cc1cccs1)C(=O)CCC(=O)Nc1ccccn1. The number of hydrogen-bond acceptors (Lipinski definition) is 7. The van der Waals surface area contributed by atoms with Gasteiger partial charge in [0.05, 0.1) is 13.2 Å². The molecule has 0 unspecified atom stereocenters. The zero-order chi connectivity index (χ0) is 25.0. The molecule has 0 saturated carbocycles. The zero-order valence-corrected chi connectivity index (χ0v) is 20.2. The van der Waals surface area contributed by atoms with Crippen LogP contribution in [0.2, 0.25) is 0 Å². The lowest BCUT2D eigenvalue weighted by molar-refractivity contribution is -0.142. The number of carbonyl (C=O) groups is 3. The molecule has 3 N–H and O–H groups in total. The van der Waals surface area contributed by atoms with Gasteiger partial charge in [0.25, 0.3) is 0 Å². The average Bonchev–Trinajstić information content (AvgIpc) is 3.37. The number of anilines is 1. The summed E-state index contributed by atoms with van der Waals surface area (Å²) in [4.78, 5) is 45.5. The van der Waals surface area contributed by atoms with Gasteiger partial charge in [-0.25, -0.2) is 4.98 Å². The lowest BCUT2D eigenvalue weighted by Crippen LogP contribution is -2.44. The van der Waals surface area contributed by atoms with Crippen molar-refractivity contribution in [3.63, 3.8) is 0 Å². The van der Waals surface area contributed by atoms with Crippen LogP contribution in [0.4, 0.5) is 5.82 Å². The minimum Gasteiger partial charge on any atom is -0.508 e. The molecule has 10 heteroatoms. The molecule has 3 rings (SSSR count). The number of nitrogens with zero attached hydrogens (tertiary/aromatic N) is 2. The van der Waals surface area contributed by atoms with Gasteiger partial charge in [0.15, 0.2) is 0 Å². The number of aromatic hydroxyl groups is 1. The van der Waals surface area contributed by atoms with E-state index >= 15 is 0 Å². The minimum atomic E-state index is -0.957. The Morgan fingerprint density at radius 1 is 1.09 bits per heavy atom. The molecule has 0 aliphatic heterocycles. The van der Waals surface area contributed by atoms with Crippen molar-refractivity contribution >= 4 is 34.9 Å². The molecule has 184 valence electrons. The Labute approximate surface area is 207 Å². The first-order chi connectivity index (χ1) is 17.0. The molecule has 0 saturated heterocycles. The Bertz CT molecular complexity index is 1090. The molecule has 1 aromatic carbocycles. The monoisotopic (exact) mass is 496 g/mol. The van der Waals surface area contributed by atoms with Crippen molar-refractivity contribution in [2.45, 2.75) is 25.4 Å². The van der Waals surface area contributed by atoms with E-state index in [1.807, 2.05) is 17.5 Å². The molecular formula is C25H28N4O5S. The van der Waals surface area contributed by atoms with E-state index in [1.165, 1.54) is 35.5 Å². The van der Waals surface area contributed by atoms with Crippen molar-refractivity contribution in [1.82, 2.24) is 15.2 Å². The zero-order valence-electron chi connectivity index (χ0n) is 19.3. The maximum atomic E-state index is 13.4. The maximum absolute atomic E-state index is 13.4. The number of thiophene rings is 1. The molecule has 0 aliphatic carbocycles. The first kappa shape index (κ1) is 25.9. The van der Waals surface area contributed by atoms with Crippen LogP contribution in [-0.2, 0) is 25.7 Å². The van der Waals surface area contributed by atoms with Gasteiger partial charge in [0.1, 0.15) is 17.6 Å². The molecule has 9 nitrogen and oxygen atoms in total. The normalized spacial score (nSPS) is 11.5. The van der Waals surface area contributed by atoms with Gasteiger partial charge in [0, 0.05) is 37.6 Å². The van der Waals surface area contributed by atoms with E-state index in [0.29, 0.717) is 18.0 Å². The van der Waals surface area contributed by atoms with Gasteiger partial charge in [-0.15, -0.1) is 11.3 Å². The van der Waals surface area contributed by atoms with Gasteiger partial charge < -0.3 is 25.4 Å². The Morgan fingerprint density at radius 2 is 1.89 bits per heavy atom. The number of ether oxygens (including phenoxy) is 1. The third kappa shape index (κ3) is 7.90. The van der Waals surface area contributed by atoms with Gasteiger partial charge in [-0.2, -0.15) is 0 Å². The van der Waals surface area contributed by atoms with Crippen molar-refractivity contribution in [1.29, 1.82) is 0 Å². The average molecular weight is 497 g/mol. The lowest BCUT2D eigenvalue weighted by atomic mass is 10.0. The molecule has 0 fully saturated rings. The van der Waals surface area contributed by atoms with Crippen LogP contribution in [-0.4, -0.2) is 53.0 Å². The quantitative estimate of drug-likeness (QED) is 0.332. The molecule has 0 radical (unpaired) electrons. The van der Waals surface area contributed by atoms with Gasteiger partial charge in [0.2, 0.25) is 17.7 Å². The Hall–Kier alpha value is -3.76. The van der Waals surface area contributed by atoms with Crippen molar-refractivity contribution < 1.29 is 24.2 Å². The van der Waals surface area contributed by atoms with Gasteiger partial charge in [-0.3, -0.25) is 14.4 Å². The number of phenolic OH excluding ortho intramolecular Hbond substituents is 1. The maximum Gasteiger partial charge on any atom is 0.247 e. The van der Waals surface area contributed by atoms with E-state index in [2.05, 4.69) is 15.6 Å². The molecule has 3 aromatic rings. The van der Waals surface area contributed by atoms with Crippen molar-refractivity contribution in [3.8, 4) is 5.75 Å². The Kier molecular flexibility index (Phi) is 9.76. The second-order valence-electron chi connectivity index (χ2n) is 7.64. The van der Waals surface area contributed by atoms with E-state index in [9.17, 15) is 19.5 Å². The van der Waals surface area contributed by atoms with Crippen LogP contribution in [0.5, 0.6) is 5.75 Å². The molecule has 2 heterocycles. The smallest absolute Gasteiger partial charge is 0.247 e. The fourth-order valence-corrected chi connectivity index (χ4v) is 4.11. The van der Waals surface area contributed by atoms with Crippen molar-refractivity contribution in [2.75, 3.05) is 25.6 Å². The summed E-state index contributed by atoms with van der Waals surface area (Å²) in [5.74, 6) is -0.626. The van der Waals surface area contributed by atoms with Crippen LogP contribution >= 0.6 is 11.3 Å². The highest BCUT2D eigenvalue weighted by molar-refractivity contribution is 7.09. The molecule has 1 atom stereocenters. The number of methoxy groups -OCH3 is 1. The number of amides is 3. The van der Waals surface area contributed by atoms with E-state index in [-0.39, 0.29) is 49.4 Å². The van der Waals surface area contributed by atoms with Crippen molar-refractivity contribution in [3.05, 3.63) is 76.6 Å². The third-order valence-electron chi connectivity index (χ3n) is 5.10. The summed E-state index contributed by atoms with van der Waals surface area (Å²) in [5.41, 5.74) is 0.542. The third-order valence-corrected chi connectivity index (χ3v) is 5.96. The summed E-state index contributed by atoms with van der Waals surface area (Å²) in [6.07, 6.45) is 1.40. The molecule has 2 aromatic heterocycles. The summed E-state index contributed by atoms with van der Waals surface area (Å²) >= 11 is 1.47. The van der Waals surface area contributed by atoms with Crippen LogP contribution in [0.15, 0.2) is 66.2 Å². The van der Waals surface area contributed by atoms with Crippen LogP contribution in [0.25, 0.3) is 0 Å². The molecule has 0 aliphatic rings. The molecule has 35 heavy (non-hydrogen) atoms. The fourth-order valence-electron chi connectivity index (χ4n) is 3.40. The van der Waals surface area contributed by atoms with E-state index < -0.39 is 6.04 Å². The number of hydrogen-bond donors (Lipinski definition) is 3. The summed E-state index contributed by atoms with van der Waals surface area (Å²) in [5, 5.41) is 17.1. The van der Waals surface area contributed by atoms with Crippen LogP contribution in [0.3, 0.4) is 0 Å². The largest absolute Gasteiger partial charge is 0.508 e. The van der Waals surface area contributed by atoms with Gasteiger partial charge >= 0.3 is 0 Å². The number of aromatic nitrogens is 1. The second kappa shape index (κ2) is 13.2. The first-order valence-corrected chi connectivity index (χ1v) is 11.9. The summed E-state index contributed by atoms with van der Waals surface area (Å²) in [7, 11) is 1.53. The van der Waals surface area contributed by atoms with Crippen LogP contribution in [0, 0.1) is 0 Å². The second-order valence-corrected chi connectivity index (χ2v) is 8.67. The Morgan fingerprint density at radius 3 is 2.54 bits per heavy atom. The molecular weight excluding hydrogens is 468 g/mol. The number of nitrogens with one attached hydrogen (secondary N) is 2. The number of benzene rings is 1. The topological polar surface area (TPSA) is 121 Å². The number of phenols is 1. The highest BCUT2D eigenvalue weighted by Gasteiger charge is 2.31.